The minimum Gasteiger partial charge on any atom is -0.325 e. The molecule has 1 amide bonds. The molecule has 5 nitrogen and oxygen atoms in total. The number of halogens is 1. The standard InChI is InChI=1S/C13H15BrN4O/c1-18-7-6-12(17-18)8-15-9-13(19)16-11-4-2-10(14)3-5-11/h2-7,15H,8-9H2,1H3,(H,16,19). The summed E-state index contributed by atoms with van der Waals surface area (Å²) in [6.45, 7) is 0.835. The third-order valence-electron chi connectivity index (χ3n) is 2.49. The molecule has 19 heavy (non-hydrogen) atoms. The molecular formula is C13H15BrN4O. The van der Waals surface area contributed by atoms with Gasteiger partial charge in [-0.2, -0.15) is 5.10 Å². The summed E-state index contributed by atoms with van der Waals surface area (Å²) in [5.41, 5.74) is 1.70. The molecule has 1 aromatic carbocycles. The van der Waals surface area contributed by atoms with Crippen LogP contribution in [0.15, 0.2) is 41.0 Å². The zero-order chi connectivity index (χ0) is 13.7. The number of nitrogens with one attached hydrogen (secondary N) is 2. The molecule has 1 heterocycles. The molecule has 0 bridgehead atoms. The van der Waals surface area contributed by atoms with Gasteiger partial charge in [0.2, 0.25) is 5.91 Å². The first-order chi connectivity index (χ1) is 9.13. The van der Waals surface area contributed by atoms with Crippen LogP contribution in [0.25, 0.3) is 0 Å². The fourth-order valence-electron chi connectivity index (χ4n) is 1.60. The molecule has 0 aliphatic carbocycles. The van der Waals surface area contributed by atoms with E-state index in [0.29, 0.717) is 6.54 Å². The lowest BCUT2D eigenvalue weighted by Crippen LogP contribution is -2.27. The van der Waals surface area contributed by atoms with Crippen LogP contribution in [0.1, 0.15) is 5.69 Å². The maximum Gasteiger partial charge on any atom is 0.238 e. The predicted molar refractivity (Wildman–Crippen MR) is 77.7 cm³/mol. The number of carbonyl (C=O) groups is 1. The van der Waals surface area contributed by atoms with E-state index in [0.717, 1.165) is 15.9 Å². The number of aryl methyl sites for hydroxylation is 1. The number of rotatable bonds is 5. The van der Waals surface area contributed by atoms with Crippen LogP contribution < -0.4 is 10.6 Å². The zero-order valence-electron chi connectivity index (χ0n) is 10.6. The molecule has 0 spiro atoms. The second-order valence-electron chi connectivity index (χ2n) is 4.14. The topological polar surface area (TPSA) is 59.0 Å². The van der Waals surface area contributed by atoms with Crippen LogP contribution in [-0.2, 0) is 18.4 Å². The van der Waals surface area contributed by atoms with Crippen LogP contribution in [0.2, 0.25) is 0 Å². The lowest BCUT2D eigenvalue weighted by Gasteiger charge is -2.06. The van der Waals surface area contributed by atoms with Gasteiger partial charge in [0.25, 0.3) is 0 Å². The van der Waals surface area contributed by atoms with Crippen molar-refractivity contribution in [1.29, 1.82) is 0 Å². The SMILES string of the molecule is Cn1ccc(CNCC(=O)Nc2ccc(Br)cc2)n1. The number of carbonyl (C=O) groups excluding carboxylic acids is 1. The smallest absolute Gasteiger partial charge is 0.238 e. The maximum atomic E-state index is 11.7. The second kappa shape index (κ2) is 6.49. The molecule has 0 saturated heterocycles. The summed E-state index contributed by atoms with van der Waals surface area (Å²) in [5.74, 6) is -0.0711. The van der Waals surface area contributed by atoms with Crippen molar-refractivity contribution in [2.24, 2.45) is 7.05 Å². The van der Waals surface area contributed by atoms with E-state index in [-0.39, 0.29) is 12.5 Å². The minimum atomic E-state index is -0.0711. The minimum absolute atomic E-state index is 0.0711. The lowest BCUT2D eigenvalue weighted by molar-refractivity contribution is -0.115. The number of anilines is 1. The van der Waals surface area contributed by atoms with Crippen LogP contribution in [0.4, 0.5) is 5.69 Å². The lowest BCUT2D eigenvalue weighted by atomic mass is 10.3. The Kier molecular flexibility index (Phi) is 4.70. The van der Waals surface area contributed by atoms with E-state index in [1.807, 2.05) is 43.6 Å². The fourth-order valence-corrected chi connectivity index (χ4v) is 1.86. The molecule has 6 heteroatoms. The summed E-state index contributed by atoms with van der Waals surface area (Å²) in [6, 6.07) is 9.38. The van der Waals surface area contributed by atoms with Gasteiger partial charge in [-0.25, -0.2) is 0 Å². The highest BCUT2D eigenvalue weighted by molar-refractivity contribution is 9.10. The molecule has 0 unspecified atom stereocenters. The van der Waals surface area contributed by atoms with E-state index >= 15 is 0 Å². The van der Waals surface area contributed by atoms with Gasteiger partial charge < -0.3 is 10.6 Å². The monoisotopic (exact) mass is 322 g/mol. The number of hydrogen-bond donors (Lipinski definition) is 2. The van der Waals surface area contributed by atoms with Gasteiger partial charge in [-0.05, 0) is 30.3 Å². The molecule has 1 aromatic heterocycles. The quantitative estimate of drug-likeness (QED) is 0.884. The van der Waals surface area contributed by atoms with Gasteiger partial charge in [-0.15, -0.1) is 0 Å². The van der Waals surface area contributed by atoms with Crippen molar-refractivity contribution in [3.63, 3.8) is 0 Å². The molecule has 2 aromatic rings. The van der Waals surface area contributed by atoms with Crippen LogP contribution >= 0.6 is 15.9 Å². The Morgan fingerprint density at radius 1 is 1.32 bits per heavy atom. The van der Waals surface area contributed by atoms with Gasteiger partial charge >= 0.3 is 0 Å². The molecular weight excluding hydrogens is 308 g/mol. The van der Waals surface area contributed by atoms with Crippen LogP contribution in [-0.4, -0.2) is 22.2 Å². The number of hydrogen-bond acceptors (Lipinski definition) is 3. The normalized spacial score (nSPS) is 10.4. The number of nitrogens with zero attached hydrogens (tertiary/aromatic N) is 2. The van der Waals surface area contributed by atoms with Gasteiger partial charge in [0.05, 0.1) is 12.2 Å². The molecule has 0 atom stereocenters. The van der Waals surface area contributed by atoms with E-state index in [4.69, 9.17) is 0 Å². The third kappa shape index (κ3) is 4.50. The van der Waals surface area contributed by atoms with Crippen molar-refractivity contribution in [2.45, 2.75) is 6.54 Å². The summed E-state index contributed by atoms with van der Waals surface area (Å²) < 4.78 is 2.72. The molecule has 2 N–H and O–H groups in total. The van der Waals surface area contributed by atoms with E-state index in [9.17, 15) is 4.79 Å². The Morgan fingerprint density at radius 3 is 2.68 bits per heavy atom. The highest BCUT2D eigenvalue weighted by Crippen LogP contribution is 2.13. The number of amides is 1. The van der Waals surface area contributed by atoms with E-state index in [1.165, 1.54) is 0 Å². The molecule has 0 radical (unpaired) electrons. The van der Waals surface area contributed by atoms with Gasteiger partial charge in [-0.1, -0.05) is 15.9 Å². The second-order valence-corrected chi connectivity index (χ2v) is 5.06. The zero-order valence-corrected chi connectivity index (χ0v) is 12.1. The van der Waals surface area contributed by atoms with Crippen molar-refractivity contribution >= 4 is 27.5 Å². The first kappa shape index (κ1) is 13.8. The Morgan fingerprint density at radius 2 is 2.05 bits per heavy atom. The third-order valence-corrected chi connectivity index (χ3v) is 3.02. The Balaban J connectivity index is 1.74. The van der Waals surface area contributed by atoms with Crippen LogP contribution in [0.3, 0.4) is 0 Å². The van der Waals surface area contributed by atoms with Crippen LogP contribution in [0, 0.1) is 0 Å². The average Bonchev–Trinajstić information content (AvgIpc) is 2.78. The van der Waals surface area contributed by atoms with Gasteiger partial charge in [-0.3, -0.25) is 9.48 Å². The molecule has 0 aliphatic heterocycles. The first-order valence-corrected chi connectivity index (χ1v) is 6.67. The largest absolute Gasteiger partial charge is 0.325 e. The van der Waals surface area contributed by atoms with Crippen molar-refractivity contribution in [1.82, 2.24) is 15.1 Å². The molecule has 100 valence electrons. The van der Waals surface area contributed by atoms with E-state index < -0.39 is 0 Å². The van der Waals surface area contributed by atoms with E-state index in [2.05, 4.69) is 31.7 Å². The summed E-state index contributed by atoms with van der Waals surface area (Å²) in [5, 5.41) is 10.1. The van der Waals surface area contributed by atoms with E-state index in [1.54, 1.807) is 4.68 Å². The maximum absolute atomic E-state index is 11.7. The van der Waals surface area contributed by atoms with Crippen molar-refractivity contribution in [3.05, 3.63) is 46.7 Å². The van der Waals surface area contributed by atoms with Gasteiger partial charge in [0.15, 0.2) is 0 Å². The Labute approximate surface area is 120 Å². The summed E-state index contributed by atoms with van der Waals surface area (Å²) in [6.07, 6.45) is 1.87. The summed E-state index contributed by atoms with van der Waals surface area (Å²) in [7, 11) is 1.86. The Hall–Kier alpha value is -1.66. The highest BCUT2D eigenvalue weighted by atomic mass is 79.9. The average molecular weight is 323 g/mol. The van der Waals surface area contributed by atoms with Gasteiger partial charge in [0, 0.05) is 29.9 Å². The van der Waals surface area contributed by atoms with Crippen LogP contribution in [0.5, 0.6) is 0 Å². The Bertz CT molecular complexity index is 550. The number of benzene rings is 1. The summed E-state index contributed by atoms with van der Waals surface area (Å²) >= 11 is 3.35. The van der Waals surface area contributed by atoms with Crippen molar-refractivity contribution < 1.29 is 4.79 Å². The fraction of sp³-hybridized carbons (Fsp3) is 0.231. The first-order valence-electron chi connectivity index (χ1n) is 5.88. The molecule has 0 saturated carbocycles. The molecule has 0 aliphatic rings. The summed E-state index contributed by atoms with van der Waals surface area (Å²) in [4.78, 5) is 11.7. The predicted octanol–water partition coefficient (Wildman–Crippen LogP) is 1.91. The van der Waals surface area contributed by atoms with Gasteiger partial charge in [0.1, 0.15) is 0 Å². The molecule has 2 rings (SSSR count). The molecule has 0 fully saturated rings. The van der Waals surface area contributed by atoms with Crippen molar-refractivity contribution in [2.75, 3.05) is 11.9 Å². The number of aromatic nitrogens is 2. The van der Waals surface area contributed by atoms with Crippen molar-refractivity contribution in [3.8, 4) is 0 Å². The highest BCUT2D eigenvalue weighted by Gasteiger charge is 2.02.